The van der Waals surface area contributed by atoms with Crippen molar-refractivity contribution in [1.29, 1.82) is 0 Å². The van der Waals surface area contributed by atoms with E-state index in [4.69, 9.17) is 9.52 Å². The summed E-state index contributed by atoms with van der Waals surface area (Å²) in [5, 5.41) is 11.9. The number of hydrogen-bond acceptors (Lipinski definition) is 4. The van der Waals surface area contributed by atoms with Gasteiger partial charge in [0.25, 0.3) is 5.91 Å². The summed E-state index contributed by atoms with van der Waals surface area (Å²) in [6, 6.07) is 8.97. The molecule has 5 nitrogen and oxygen atoms in total. The molecule has 5 heteroatoms. The van der Waals surface area contributed by atoms with Crippen molar-refractivity contribution in [1.82, 2.24) is 0 Å². The number of benzene rings is 1. The largest absolute Gasteiger partial charge is 0.427 e. The molecule has 0 saturated carbocycles. The van der Waals surface area contributed by atoms with Crippen molar-refractivity contribution in [2.45, 2.75) is 40.0 Å². The lowest BCUT2D eigenvalue weighted by molar-refractivity contribution is 0.102. The van der Waals surface area contributed by atoms with Crippen molar-refractivity contribution in [2.75, 3.05) is 11.9 Å². The Balaban J connectivity index is 2.24. The number of amides is 1. The van der Waals surface area contributed by atoms with Gasteiger partial charge in [0, 0.05) is 18.7 Å². The van der Waals surface area contributed by atoms with E-state index in [1.807, 2.05) is 12.1 Å². The molecular weight excluding hydrogens is 318 g/mol. The molecule has 1 aromatic heterocycles. The van der Waals surface area contributed by atoms with Crippen LogP contribution in [0.15, 0.2) is 39.5 Å². The van der Waals surface area contributed by atoms with Gasteiger partial charge < -0.3 is 14.8 Å². The summed E-state index contributed by atoms with van der Waals surface area (Å²) in [7, 11) is 0. The van der Waals surface area contributed by atoms with Crippen LogP contribution in [-0.4, -0.2) is 17.6 Å². The summed E-state index contributed by atoms with van der Waals surface area (Å²) in [4.78, 5) is 24.8. The maximum atomic E-state index is 12.6. The number of aryl methyl sites for hydroxylation is 2. The molecule has 0 saturated heterocycles. The number of anilines is 1. The number of aliphatic hydroxyl groups excluding tert-OH is 1. The van der Waals surface area contributed by atoms with E-state index < -0.39 is 11.5 Å². The molecule has 0 unspecified atom stereocenters. The van der Waals surface area contributed by atoms with Crippen LogP contribution in [0, 0.1) is 12.8 Å². The predicted molar refractivity (Wildman–Crippen MR) is 98.1 cm³/mol. The lowest BCUT2D eigenvalue weighted by Gasteiger charge is -2.11. The smallest absolute Gasteiger partial charge is 0.349 e. The summed E-state index contributed by atoms with van der Waals surface area (Å²) < 4.78 is 5.32. The number of nitrogens with one attached hydrogen (secondary N) is 1. The minimum atomic E-state index is -0.615. The van der Waals surface area contributed by atoms with Crippen LogP contribution >= 0.6 is 0 Å². The highest BCUT2D eigenvalue weighted by Gasteiger charge is 2.18. The zero-order chi connectivity index (χ0) is 18.4. The molecular formula is C20H25NO4. The van der Waals surface area contributed by atoms with Crippen molar-refractivity contribution >= 4 is 11.6 Å². The molecule has 25 heavy (non-hydrogen) atoms. The topological polar surface area (TPSA) is 79.5 Å². The molecule has 2 N–H and O–H groups in total. The van der Waals surface area contributed by atoms with Gasteiger partial charge in [-0.15, -0.1) is 0 Å². The van der Waals surface area contributed by atoms with Crippen molar-refractivity contribution in [3.63, 3.8) is 0 Å². The Morgan fingerprint density at radius 1 is 1.24 bits per heavy atom. The second kappa shape index (κ2) is 8.62. The van der Waals surface area contributed by atoms with Crippen LogP contribution < -0.4 is 10.9 Å². The molecule has 0 atom stereocenters. The lowest BCUT2D eigenvalue weighted by atomic mass is 10.0. The zero-order valence-corrected chi connectivity index (χ0v) is 15.0. The van der Waals surface area contributed by atoms with Gasteiger partial charge >= 0.3 is 5.63 Å². The monoisotopic (exact) mass is 343 g/mol. The van der Waals surface area contributed by atoms with Crippen LogP contribution in [0.5, 0.6) is 0 Å². The first-order valence-electron chi connectivity index (χ1n) is 8.56. The summed E-state index contributed by atoms with van der Waals surface area (Å²) in [6.07, 6.45) is 2.02. The van der Waals surface area contributed by atoms with Gasteiger partial charge in [-0.25, -0.2) is 4.79 Å². The highest BCUT2D eigenvalue weighted by Crippen LogP contribution is 2.18. The summed E-state index contributed by atoms with van der Waals surface area (Å²) >= 11 is 0. The van der Waals surface area contributed by atoms with E-state index in [0.717, 1.165) is 12.0 Å². The van der Waals surface area contributed by atoms with Crippen LogP contribution in [0.3, 0.4) is 0 Å². The Hall–Kier alpha value is -2.40. The molecule has 0 spiro atoms. The summed E-state index contributed by atoms with van der Waals surface area (Å²) in [5.41, 5.74) is 1.41. The van der Waals surface area contributed by atoms with Crippen LogP contribution in [0.4, 0.5) is 5.69 Å². The Morgan fingerprint density at radius 3 is 2.60 bits per heavy atom. The maximum Gasteiger partial charge on any atom is 0.349 e. The third-order valence-electron chi connectivity index (χ3n) is 4.04. The van der Waals surface area contributed by atoms with E-state index in [2.05, 4.69) is 19.2 Å². The summed E-state index contributed by atoms with van der Waals surface area (Å²) in [6.45, 7) is 5.94. The van der Waals surface area contributed by atoms with E-state index in [9.17, 15) is 9.59 Å². The van der Waals surface area contributed by atoms with E-state index >= 15 is 0 Å². The Morgan fingerprint density at radius 2 is 1.96 bits per heavy atom. The molecule has 0 bridgehead atoms. The van der Waals surface area contributed by atoms with Gasteiger partial charge in [0.2, 0.25) is 0 Å². The highest BCUT2D eigenvalue weighted by atomic mass is 16.4. The fraction of sp³-hybridized carbons (Fsp3) is 0.400. The van der Waals surface area contributed by atoms with Gasteiger partial charge in [-0.05, 0) is 48.9 Å². The van der Waals surface area contributed by atoms with E-state index in [1.54, 1.807) is 25.1 Å². The van der Waals surface area contributed by atoms with Gasteiger partial charge in [-0.3, -0.25) is 4.79 Å². The third-order valence-corrected chi connectivity index (χ3v) is 4.04. The number of carbonyl (C=O) groups is 1. The third kappa shape index (κ3) is 5.03. The van der Waals surface area contributed by atoms with Crippen LogP contribution in [0.2, 0.25) is 0 Å². The molecule has 2 aromatic rings. The second-order valence-corrected chi connectivity index (χ2v) is 6.58. The number of para-hydroxylation sites is 1. The van der Waals surface area contributed by atoms with Gasteiger partial charge in [-0.1, -0.05) is 32.0 Å². The number of hydrogen-bond donors (Lipinski definition) is 2. The molecule has 1 aromatic carbocycles. The van der Waals surface area contributed by atoms with Gasteiger partial charge in [0.15, 0.2) is 0 Å². The molecule has 134 valence electrons. The average Bonchev–Trinajstić information content (AvgIpc) is 2.54. The minimum absolute atomic E-state index is 0.0153. The van der Waals surface area contributed by atoms with Gasteiger partial charge in [0.05, 0.1) is 0 Å². The van der Waals surface area contributed by atoms with Crippen LogP contribution in [0.1, 0.15) is 47.5 Å². The number of rotatable bonds is 7. The average molecular weight is 343 g/mol. The van der Waals surface area contributed by atoms with Crippen LogP contribution in [-0.2, 0) is 12.8 Å². The fourth-order valence-corrected chi connectivity index (χ4v) is 2.67. The van der Waals surface area contributed by atoms with Gasteiger partial charge in [-0.2, -0.15) is 0 Å². The van der Waals surface area contributed by atoms with E-state index in [-0.39, 0.29) is 12.2 Å². The first-order valence-corrected chi connectivity index (χ1v) is 8.56. The summed E-state index contributed by atoms with van der Waals surface area (Å²) in [5.74, 6) is 0.622. The van der Waals surface area contributed by atoms with Crippen LogP contribution in [0.25, 0.3) is 0 Å². The Bertz CT molecular complexity index is 793. The van der Waals surface area contributed by atoms with E-state index in [0.29, 0.717) is 35.8 Å². The van der Waals surface area contributed by atoms with Gasteiger partial charge in [0.1, 0.15) is 11.3 Å². The second-order valence-electron chi connectivity index (χ2n) is 6.58. The lowest BCUT2D eigenvalue weighted by Crippen LogP contribution is -2.23. The van der Waals surface area contributed by atoms with Crippen molar-refractivity contribution in [3.05, 3.63) is 63.2 Å². The molecule has 0 radical (unpaired) electrons. The Kier molecular flexibility index (Phi) is 6.53. The Labute approximate surface area is 147 Å². The predicted octanol–water partition coefficient (Wildman–Crippen LogP) is 3.32. The normalized spacial score (nSPS) is 10.9. The van der Waals surface area contributed by atoms with Crippen molar-refractivity contribution < 1.29 is 14.3 Å². The molecule has 0 aliphatic carbocycles. The van der Waals surface area contributed by atoms with Crippen molar-refractivity contribution in [3.8, 4) is 0 Å². The quantitative estimate of drug-likeness (QED) is 0.808. The standard InChI is InChI=1S/C20H25NO4/c1-13(2)8-9-16-12-14(3)18(20(24)25-16)19(23)21-17-7-5-4-6-15(17)10-11-22/h4-7,12-13,22H,8-11H2,1-3H3,(H,21,23). The highest BCUT2D eigenvalue weighted by molar-refractivity contribution is 6.05. The molecule has 1 heterocycles. The molecule has 0 aliphatic heterocycles. The molecule has 1 amide bonds. The fourth-order valence-electron chi connectivity index (χ4n) is 2.67. The SMILES string of the molecule is Cc1cc(CCC(C)C)oc(=O)c1C(=O)Nc1ccccc1CCO. The molecule has 0 fully saturated rings. The molecule has 2 rings (SSSR count). The number of aliphatic hydroxyl groups is 1. The van der Waals surface area contributed by atoms with Crippen molar-refractivity contribution in [2.24, 2.45) is 5.92 Å². The first kappa shape index (κ1) is 18.9. The molecule has 0 aliphatic rings. The minimum Gasteiger partial charge on any atom is -0.427 e. The maximum absolute atomic E-state index is 12.6. The van der Waals surface area contributed by atoms with E-state index in [1.165, 1.54) is 0 Å². The number of carbonyl (C=O) groups excluding carboxylic acids is 1. The zero-order valence-electron chi connectivity index (χ0n) is 15.0. The first-order chi connectivity index (χ1) is 11.9.